The van der Waals surface area contributed by atoms with Gasteiger partial charge in [0.1, 0.15) is 0 Å². The maximum Gasteiger partial charge on any atom is 0.303 e. The maximum absolute atomic E-state index is 9.87. The minimum atomic E-state index is -0.682. The summed E-state index contributed by atoms with van der Waals surface area (Å²) in [4.78, 5) is 9.87. The molecule has 1 rings (SSSR count). The van der Waals surface area contributed by atoms with E-state index in [1.54, 1.807) is 0 Å². The van der Waals surface area contributed by atoms with E-state index in [1.165, 1.54) is 19.3 Å². The molecule has 1 saturated heterocycles. The fraction of sp³-hybridized carbons (Fsp3) is 0.909. The Labute approximate surface area is 92.4 Å². The zero-order valence-electron chi connectivity index (χ0n) is 9.72. The molecule has 0 bridgehead atoms. The summed E-state index contributed by atoms with van der Waals surface area (Å²) in [5.74, 6) is -0.682. The van der Waals surface area contributed by atoms with Crippen molar-refractivity contribution < 1.29 is 9.90 Å². The van der Waals surface area contributed by atoms with E-state index in [1.807, 2.05) is 0 Å². The maximum atomic E-state index is 9.87. The monoisotopic (exact) mass is 216 g/mol. The van der Waals surface area contributed by atoms with Crippen LogP contribution in [0.3, 0.4) is 0 Å². The summed E-state index contributed by atoms with van der Waals surface area (Å²) in [6.07, 6.45) is 7.30. The van der Waals surface area contributed by atoms with Crippen molar-refractivity contribution in [2.24, 2.45) is 0 Å². The summed E-state index contributed by atoms with van der Waals surface area (Å²) < 4.78 is 0. The highest BCUT2D eigenvalue weighted by Crippen LogP contribution is 1.97. The van der Waals surface area contributed by atoms with E-state index in [4.69, 9.17) is 5.11 Å². The van der Waals surface area contributed by atoms with Crippen molar-refractivity contribution in [1.29, 1.82) is 0 Å². The van der Waals surface area contributed by atoms with E-state index in [0.717, 1.165) is 32.4 Å². The number of unbranched alkanes of at least 4 members (excludes halogenated alkanes) is 2. The van der Waals surface area contributed by atoms with Crippen LogP contribution < -0.4 is 10.9 Å². The van der Waals surface area contributed by atoms with Gasteiger partial charge in [-0.3, -0.25) is 15.6 Å². The molecule has 0 amide bonds. The highest BCUT2D eigenvalue weighted by molar-refractivity contribution is 5.66. The van der Waals surface area contributed by atoms with Crippen LogP contribution in [0.5, 0.6) is 0 Å². The summed E-state index contributed by atoms with van der Waals surface area (Å²) >= 11 is 0. The molecule has 0 unspecified atom stereocenters. The quantitative estimate of drug-likeness (QED) is 0.628. The molecule has 90 valence electrons. The largest absolute Gasteiger partial charge is 0.481 e. The predicted octanol–water partition coefficient (Wildman–Crippen LogP) is 1.92. The van der Waals surface area contributed by atoms with Gasteiger partial charge in [-0.15, -0.1) is 0 Å². The number of nitrogens with one attached hydrogen (secondary N) is 2. The van der Waals surface area contributed by atoms with E-state index < -0.39 is 5.97 Å². The van der Waals surface area contributed by atoms with E-state index in [-0.39, 0.29) is 0 Å². The van der Waals surface area contributed by atoms with Crippen molar-refractivity contribution in [2.45, 2.75) is 51.9 Å². The molecule has 0 aromatic heterocycles. The van der Waals surface area contributed by atoms with Crippen LogP contribution in [0.25, 0.3) is 0 Å². The first kappa shape index (κ1) is 14.4. The van der Waals surface area contributed by atoms with E-state index in [0.29, 0.717) is 6.42 Å². The minimum Gasteiger partial charge on any atom is -0.481 e. The van der Waals surface area contributed by atoms with E-state index >= 15 is 0 Å². The number of carboxylic acid groups (broad SMARTS) is 1. The number of aliphatic carboxylic acids is 1. The fourth-order valence-electron chi connectivity index (χ4n) is 1.31. The Morgan fingerprint density at radius 3 is 2.20 bits per heavy atom. The summed E-state index contributed by atoms with van der Waals surface area (Å²) in [5.41, 5.74) is 6.19. The zero-order chi connectivity index (χ0) is 11.4. The summed E-state index contributed by atoms with van der Waals surface area (Å²) in [6, 6.07) is 0. The summed E-state index contributed by atoms with van der Waals surface area (Å²) in [6.45, 7) is 4.34. The molecule has 0 aliphatic carbocycles. The Morgan fingerprint density at radius 2 is 1.73 bits per heavy atom. The third-order valence-corrected chi connectivity index (χ3v) is 2.22. The number of rotatable bonds is 4. The third kappa shape index (κ3) is 13.4. The molecule has 4 heteroatoms. The van der Waals surface area contributed by atoms with Gasteiger partial charge in [0.25, 0.3) is 0 Å². The predicted molar refractivity (Wildman–Crippen MR) is 61.6 cm³/mol. The van der Waals surface area contributed by atoms with Crippen molar-refractivity contribution in [3.63, 3.8) is 0 Å². The first-order valence-electron chi connectivity index (χ1n) is 5.95. The Hall–Kier alpha value is -0.610. The second-order valence-electron chi connectivity index (χ2n) is 3.77. The average Bonchev–Trinajstić information content (AvgIpc) is 2.50. The molecule has 4 nitrogen and oxygen atoms in total. The first-order chi connectivity index (χ1) is 7.27. The van der Waals surface area contributed by atoms with Crippen molar-refractivity contribution in [3.8, 4) is 0 Å². The fourth-order valence-corrected chi connectivity index (χ4v) is 1.31. The van der Waals surface area contributed by atoms with E-state index in [9.17, 15) is 4.79 Å². The van der Waals surface area contributed by atoms with Crippen LogP contribution in [-0.2, 0) is 4.79 Å². The number of carbonyl (C=O) groups is 1. The topological polar surface area (TPSA) is 61.4 Å². The van der Waals surface area contributed by atoms with Gasteiger partial charge in [0.2, 0.25) is 0 Å². The lowest BCUT2D eigenvalue weighted by atomic mass is 10.2. The van der Waals surface area contributed by atoms with Gasteiger partial charge in [0.15, 0.2) is 0 Å². The van der Waals surface area contributed by atoms with Gasteiger partial charge in [0, 0.05) is 19.5 Å². The second kappa shape index (κ2) is 11.5. The molecule has 3 N–H and O–H groups in total. The zero-order valence-corrected chi connectivity index (χ0v) is 9.72. The molecule has 0 radical (unpaired) electrons. The Morgan fingerprint density at radius 1 is 1.13 bits per heavy atom. The normalized spacial score (nSPS) is 16.1. The average molecular weight is 216 g/mol. The van der Waals surface area contributed by atoms with E-state index in [2.05, 4.69) is 17.8 Å². The SMILES string of the molecule is C1CCNNCC1.CCCCCC(=O)O. The van der Waals surface area contributed by atoms with Crippen LogP contribution in [0.1, 0.15) is 51.9 Å². The second-order valence-corrected chi connectivity index (χ2v) is 3.77. The molecule has 1 heterocycles. The lowest BCUT2D eigenvalue weighted by molar-refractivity contribution is -0.137. The van der Waals surface area contributed by atoms with Gasteiger partial charge in [0.05, 0.1) is 0 Å². The Balaban J connectivity index is 0.000000262. The van der Waals surface area contributed by atoms with Crippen molar-refractivity contribution in [2.75, 3.05) is 13.1 Å². The van der Waals surface area contributed by atoms with Crippen molar-refractivity contribution >= 4 is 5.97 Å². The molecule has 0 aromatic rings. The van der Waals surface area contributed by atoms with Gasteiger partial charge < -0.3 is 5.11 Å². The standard InChI is InChI=1S/C6H12O2.C5H12N2/c1-2-3-4-5-6(7)8;1-2-4-6-7-5-3-1/h2-5H2,1H3,(H,7,8);6-7H,1-5H2. The smallest absolute Gasteiger partial charge is 0.303 e. The van der Waals surface area contributed by atoms with Gasteiger partial charge in [-0.25, -0.2) is 0 Å². The van der Waals surface area contributed by atoms with Crippen LogP contribution in [0.2, 0.25) is 0 Å². The van der Waals surface area contributed by atoms with Gasteiger partial charge in [-0.1, -0.05) is 26.2 Å². The third-order valence-electron chi connectivity index (χ3n) is 2.22. The van der Waals surface area contributed by atoms with Gasteiger partial charge in [-0.05, 0) is 19.3 Å². The van der Waals surface area contributed by atoms with Crippen LogP contribution in [0, 0.1) is 0 Å². The first-order valence-corrected chi connectivity index (χ1v) is 5.95. The van der Waals surface area contributed by atoms with Crippen LogP contribution in [0.15, 0.2) is 0 Å². The molecular formula is C11H24N2O2. The number of hydrogen-bond acceptors (Lipinski definition) is 3. The molecule has 0 saturated carbocycles. The molecule has 1 fully saturated rings. The highest BCUT2D eigenvalue weighted by Gasteiger charge is 1.93. The molecule has 0 spiro atoms. The van der Waals surface area contributed by atoms with Crippen molar-refractivity contribution in [1.82, 2.24) is 10.9 Å². The van der Waals surface area contributed by atoms with Gasteiger partial charge >= 0.3 is 5.97 Å². The van der Waals surface area contributed by atoms with Gasteiger partial charge in [-0.2, -0.15) is 0 Å². The molecular weight excluding hydrogens is 192 g/mol. The van der Waals surface area contributed by atoms with Crippen LogP contribution in [-0.4, -0.2) is 24.2 Å². The minimum absolute atomic E-state index is 0.327. The molecule has 15 heavy (non-hydrogen) atoms. The highest BCUT2D eigenvalue weighted by atomic mass is 16.4. The van der Waals surface area contributed by atoms with Crippen LogP contribution in [0.4, 0.5) is 0 Å². The van der Waals surface area contributed by atoms with Crippen LogP contribution >= 0.6 is 0 Å². The number of hydrogen-bond donors (Lipinski definition) is 3. The molecule has 1 aliphatic heterocycles. The Bertz CT molecular complexity index is 132. The lowest BCUT2D eigenvalue weighted by Crippen LogP contribution is -2.30. The molecule has 0 atom stereocenters. The summed E-state index contributed by atoms with van der Waals surface area (Å²) in [7, 11) is 0. The molecule has 1 aliphatic rings. The molecule has 0 aromatic carbocycles. The number of hydrazine groups is 1. The lowest BCUT2D eigenvalue weighted by Gasteiger charge is -1.95. The summed E-state index contributed by atoms with van der Waals surface area (Å²) in [5, 5.41) is 8.14. The number of carboxylic acids is 1. The Kier molecular flexibility index (Phi) is 11.0. The van der Waals surface area contributed by atoms with Crippen molar-refractivity contribution in [3.05, 3.63) is 0 Å².